The van der Waals surface area contributed by atoms with Gasteiger partial charge >= 0.3 is 0 Å². The lowest BCUT2D eigenvalue weighted by atomic mass is 10.1. The Kier molecular flexibility index (Phi) is 7.09. The molecular formula is C14H21ClO3. The summed E-state index contributed by atoms with van der Waals surface area (Å²) < 4.78 is 10.9. The fourth-order valence-electron chi connectivity index (χ4n) is 1.45. The van der Waals surface area contributed by atoms with Gasteiger partial charge in [-0.3, -0.25) is 0 Å². The maximum Gasteiger partial charge on any atom is 0.138 e. The van der Waals surface area contributed by atoms with Crippen molar-refractivity contribution in [3.63, 3.8) is 0 Å². The molecular weight excluding hydrogens is 252 g/mol. The summed E-state index contributed by atoms with van der Waals surface area (Å²) >= 11 is 6.06. The Balaban J connectivity index is 2.34. The number of halogens is 1. The first-order valence-corrected chi connectivity index (χ1v) is 6.71. The van der Waals surface area contributed by atoms with Crippen LogP contribution in [0, 0.1) is 0 Å². The summed E-state index contributed by atoms with van der Waals surface area (Å²) in [5.41, 5.74) is 0.784. The zero-order chi connectivity index (χ0) is 13.4. The molecule has 1 aromatic carbocycles. The van der Waals surface area contributed by atoms with Crippen molar-refractivity contribution >= 4 is 11.6 Å². The standard InChI is InChI=1S/C14H21ClO3/c1-3-4-7-17-8-9-18-14-6-5-12(11(2)16)10-13(14)15/h5-6,10-11,16H,3-4,7-9H2,1-2H3. The van der Waals surface area contributed by atoms with Crippen LogP contribution in [-0.4, -0.2) is 24.9 Å². The fourth-order valence-corrected chi connectivity index (χ4v) is 1.70. The Hall–Kier alpha value is -0.770. The van der Waals surface area contributed by atoms with Gasteiger partial charge in [-0.15, -0.1) is 0 Å². The van der Waals surface area contributed by atoms with Crippen LogP contribution in [0.4, 0.5) is 0 Å². The van der Waals surface area contributed by atoms with Crippen LogP contribution in [0.15, 0.2) is 18.2 Å². The van der Waals surface area contributed by atoms with Gasteiger partial charge in [0, 0.05) is 6.61 Å². The molecule has 1 N–H and O–H groups in total. The molecule has 1 unspecified atom stereocenters. The highest BCUT2D eigenvalue weighted by Gasteiger charge is 2.06. The van der Waals surface area contributed by atoms with E-state index in [1.54, 1.807) is 19.1 Å². The molecule has 0 aliphatic carbocycles. The number of rotatable bonds is 8. The molecule has 0 saturated carbocycles. The number of benzene rings is 1. The number of aliphatic hydroxyl groups is 1. The van der Waals surface area contributed by atoms with Gasteiger partial charge in [0.05, 0.1) is 17.7 Å². The molecule has 3 nitrogen and oxygen atoms in total. The van der Waals surface area contributed by atoms with Crippen molar-refractivity contribution in [2.45, 2.75) is 32.8 Å². The third-order valence-corrected chi connectivity index (χ3v) is 2.86. The predicted molar refractivity (Wildman–Crippen MR) is 73.3 cm³/mol. The van der Waals surface area contributed by atoms with Crippen LogP contribution in [0.25, 0.3) is 0 Å². The summed E-state index contributed by atoms with van der Waals surface area (Å²) in [6.45, 7) is 5.65. The number of aliphatic hydroxyl groups excluding tert-OH is 1. The predicted octanol–water partition coefficient (Wildman–Crippen LogP) is 3.59. The molecule has 4 heteroatoms. The zero-order valence-electron chi connectivity index (χ0n) is 11.0. The van der Waals surface area contributed by atoms with Crippen LogP contribution < -0.4 is 4.74 Å². The highest BCUT2D eigenvalue weighted by molar-refractivity contribution is 6.32. The second-order valence-electron chi connectivity index (χ2n) is 4.18. The third kappa shape index (κ3) is 5.25. The molecule has 0 amide bonds. The van der Waals surface area contributed by atoms with Crippen molar-refractivity contribution in [3.05, 3.63) is 28.8 Å². The molecule has 0 aromatic heterocycles. The molecule has 0 spiro atoms. The zero-order valence-corrected chi connectivity index (χ0v) is 11.7. The van der Waals surface area contributed by atoms with E-state index in [4.69, 9.17) is 21.1 Å². The van der Waals surface area contributed by atoms with Gasteiger partial charge in [0.2, 0.25) is 0 Å². The largest absolute Gasteiger partial charge is 0.490 e. The molecule has 0 radical (unpaired) electrons. The number of ether oxygens (including phenoxy) is 2. The quantitative estimate of drug-likeness (QED) is 0.735. The Morgan fingerprint density at radius 2 is 2.06 bits per heavy atom. The van der Waals surface area contributed by atoms with E-state index in [0.717, 1.165) is 25.0 Å². The van der Waals surface area contributed by atoms with E-state index in [9.17, 15) is 5.11 Å². The van der Waals surface area contributed by atoms with E-state index >= 15 is 0 Å². The van der Waals surface area contributed by atoms with Crippen LogP contribution in [0.3, 0.4) is 0 Å². The minimum absolute atomic E-state index is 0.484. The second-order valence-corrected chi connectivity index (χ2v) is 4.59. The molecule has 0 fully saturated rings. The van der Waals surface area contributed by atoms with Gasteiger partial charge in [0.1, 0.15) is 12.4 Å². The summed E-state index contributed by atoms with van der Waals surface area (Å²) in [5.74, 6) is 0.625. The van der Waals surface area contributed by atoms with Gasteiger partial charge in [-0.25, -0.2) is 0 Å². The lowest BCUT2D eigenvalue weighted by molar-refractivity contribution is 0.0980. The van der Waals surface area contributed by atoms with Gasteiger partial charge in [-0.05, 0) is 31.0 Å². The Labute approximate surface area is 114 Å². The smallest absolute Gasteiger partial charge is 0.138 e. The summed E-state index contributed by atoms with van der Waals surface area (Å²) in [5, 5.41) is 9.93. The highest BCUT2D eigenvalue weighted by Crippen LogP contribution is 2.27. The van der Waals surface area contributed by atoms with Crippen LogP contribution in [0.2, 0.25) is 5.02 Å². The molecule has 1 rings (SSSR count). The van der Waals surface area contributed by atoms with Crippen LogP contribution in [-0.2, 0) is 4.74 Å². The Bertz CT molecular complexity index is 353. The number of hydrogen-bond acceptors (Lipinski definition) is 3. The average molecular weight is 273 g/mol. The molecule has 0 aliphatic heterocycles. The van der Waals surface area contributed by atoms with Crippen LogP contribution in [0.5, 0.6) is 5.75 Å². The Morgan fingerprint density at radius 3 is 2.67 bits per heavy atom. The Morgan fingerprint density at radius 1 is 1.28 bits per heavy atom. The van der Waals surface area contributed by atoms with Crippen molar-refractivity contribution in [3.8, 4) is 5.75 Å². The second kappa shape index (κ2) is 8.35. The van der Waals surface area contributed by atoms with E-state index in [0.29, 0.717) is 24.0 Å². The summed E-state index contributed by atoms with van der Waals surface area (Å²) in [4.78, 5) is 0. The monoisotopic (exact) mass is 272 g/mol. The highest BCUT2D eigenvalue weighted by atomic mass is 35.5. The molecule has 0 heterocycles. The molecule has 0 saturated heterocycles. The third-order valence-electron chi connectivity index (χ3n) is 2.57. The summed E-state index contributed by atoms with van der Waals surface area (Å²) in [7, 11) is 0. The molecule has 1 aromatic rings. The minimum Gasteiger partial charge on any atom is -0.490 e. The fraction of sp³-hybridized carbons (Fsp3) is 0.571. The van der Waals surface area contributed by atoms with Crippen LogP contribution >= 0.6 is 11.6 Å². The first kappa shape index (κ1) is 15.3. The maximum absolute atomic E-state index is 9.42. The van der Waals surface area contributed by atoms with E-state index < -0.39 is 6.10 Å². The number of hydrogen-bond donors (Lipinski definition) is 1. The van der Waals surface area contributed by atoms with Gasteiger partial charge in [-0.2, -0.15) is 0 Å². The van der Waals surface area contributed by atoms with Crippen molar-refractivity contribution in [2.24, 2.45) is 0 Å². The van der Waals surface area contributed by atoms with Gasteiger partial charge < -0.3 is 14.6 Å². The van der Waals surface area contributed by atoms with Crippen LogP contribution in [0.1, 0.15) is 38.4 Å². The maximum atomic E-state index is 9.42. The first-order chi connectivity index (χ1) is 8.65. The SMILES string of the molecule is CCCCOCCOc1ccc(C(C)O)cc1Cl. The molecule has 1 atom stereocenters. The number of unbranched alkanes of at least 4 members (excludes halogenated alkanes) is 1. The van der Waals surface area contributed by atoms with Gasteiger partial charge in [0.25, 0.3) is 0 Å². The van der Waals surface area contributed by atoms with Crippen molar-refractivity contribution in [1.29, 1.82) is 0 Å². The van der Waals surface area contributed by atoms with Gasteiger partial charge in [-0.1, -0.05) is 31.0 Å². The average Bonchev–Trinajstić information content (AvgIpc) is 2.35. The van der Waals surface area contributed by atoms with Crippen molar-refractivity contribution in [2.75, 3.05) is 19.8 Å². The van der Waals surface area contributed by atoms with Gasteiger partial charge in [0.15, 0.2) is 0 Å². The lowest BCUT2D eigenvalue weighted by Gasteiger charge is -2.11. The summed E-state index contributed by atoms with van der Waals surface area (Å²) in [6.07, 6.45) is 1.69. The molecule has 18 heavy (non-hydrogen) atoms. The van der Waals surface area contributed by atoms with E-state index in [1.165, 1.54) is 0 Å². The molecule has 0 aliphatic rings. The first-order valence-electron chi connectivity index (χ1n) is 6.33. The normalized spacial score (nSPS) is 12.4. The van der Waals surface area contributed by atoms with Crippen molar-refractivity contribution in [1.82, 2.24) is 0 Å². The van der Waals surface area contributed by atoms with E-state index in [-0.39, 0.29) is 0 Å². The van der Waals surface area contributed by atoms with E-state index in [2.05, 4.69) is 6.92 Å². The lowest BCUT2D eigenvalue weighted by Crippen LogP contribution is -2.07. The van der Waals surface area contributed by atoms with Crippen molar-refractivity contribution < 1.29 is 14.6 Å². The molecule has 102 valence electrons. The topological polar surface area (TPSA) is 38.7 Å². The molecule has 0 bridgehead atoms. The van der Waals surface area contributed by atoms with E-state index in [1.807, 2.05) is 6.07 Å². The minimum atomic E-state index is -0.520. The summed E-state index contributed by atoms with van der Waals surface area (Å²) in [6, 6.07) is 5.31.